The summed E-state index contributed by atoms with van der Waals surface area (Å²) in [5, 5.41) is 2.93. The van der Waals surface area contributed by atoms with E-state index < -0.39 is 0 Å². The van der Waals surface area contributed by atoms with Gasteiger partial charge in [-0.05, 0) is 44.7 Å². The number of hydrogen-bond acceptors (Lipinski definition) is 2. The third-order valence-corrected chi connectivity index (χ3v) is 3.32. The van der Waals surface area contributed by atoms with Gasteiger partial charge in [-0.25, -0.2) is 0 Å². The molecule has 0 atom stereocenters. The Bertz CT molecular complexity index is 477. The van der Waals surface area contributed by atoms with Gasteiger partial charge in [-0.2, -0.15) is 0 Å². The van der Waals surface area contributed by atoms with Crippen LogP contribution in [0.25, 0.3) is 0 Å². The Labute approximate surface area is 108 Å². The molecule has 3 N–H and O–H groups in total. The van der Waals surface area contributed by atoms with Gasteiger partial charge in [0.15, 0.2) is 0 Å². The molecule has 1 aromatic rings. The van der Waals surface area contributed by atoms with Crippen molar-refractivity contribution in [1.29, 1.82) is 0 Å². The largest absolute Gasteiger partial charge is 0.398 e. The predicted octanol–water partition coefficient (Wildman–Crippen LogP) is 2.81. The van der Waals surface area contributed by atoms with E-state index in [4.69, 9.17) is 5.73 Å². The second kappa shape index (κ2) is 5.71. The first kappa shape index (κ1) is 12.7. The van der Waals surface area contributed by atoms with Crippen LogP contribution >= 0.6 is 0 Å². The first-order valence-corrected chi connectivity index (χ1v) is 6.49. The fourth-order valence-corrected chi connectivity index (χ4v) is 2.26. The average molecular weight is 244 g/mol. The number of nitrogens with two attached hydrogens (primary N) is 1. The van der Waals surface area contributed by atoms with E-state index in [1.807, 2.05) is 19.1 Å². The van der Waals surface area contributed by atoms with Crippen LogP contribution in [0.5, 0.6) is 0 Å². The number of carbonyl (C=O) groups is 1. The number of anilines is 1. The third kappa shape index (κ3) is 3.13. The number of nitrogen functional groups attached to an aromatic ring is 1. The predicted molar refractivity (Wildman–Crippen MR) is 74.5 cm³/mol. The van der Waals surface area contributed by atoms with Crippen molar-refractivity contribution in [2.45, 2.75) is 32.6 Å². The molecule has 0 saturated carbocycles. The number of allylic oxidation sites excluding steroid dienone is 1. The molecule has 1 aromatic carbocycles. The Morgan fingerprint density at radius 2 is 2.28 bits per heavy atom. The molecule has 96 valence electrons. The molecule has 0 spiro atoms. The molecule has 0 aliphatic heterocycles. The minimum absolute atomic E-state index is 0.0743. The number of carbonyl (C=O) groups excluding carboxylic acids is 1. The molecule has 0 heterocycles. The summed E-state index contributed by atoms with van der Waals surface area (Å²) in [6, 6.07) is 5.53. The highest BCUT2D eigenvalue weighted by molar-refractivity contribution is 5.99. The quantitative estimate of drug-likeness (QED) is 0.632. The summed E-state index contributed by atoms with van der Waals surface area (Å²) in [6.07, 6.45) is 6.87. The number of aryl methyl sites for hydroxylation is 1. The van der Waals surface area contributed by atoms with Crippen LogP contribution in [-0.4, -0.2) is 12.5 Å². The van der Waals surface area contributed by atoms with Crippen LogP contribution in [0.4, 0.5) is 5.69 Å². The van der Waals surface area contributed by atoms with Crippen LogP contribution in [0.3, 0.4) is 0 Å². The molecule has 0 bridgehead atoms. The van der Waals surface area contributed by atoms with Crippen LogP contribution in [0.2, 0.25) is 0 Å². The van der Waals surface area contributed by atoms with E-state index in [2.05, 4.69) is 11.4 Å². The van der Waals surface area contributed by atoms with Gasteiger partial charge in [-0.3, -0.25) is 4.79 Å². The highest BCUT2D eigenvalue weighted by atomic mass is 16.1. The standard InChI is InChI=1S/C15H20N2O/c1-11-6-7-14(16)13(10-11)15(18)17-9-8-12-4-2-3-5-12/h4,6-7,10H,2-3,5,8-9,16H2,1H3,(H,17,18). The van der Waals surface area contributed by atoms with Crippen molar-refractivity contribution >= 4 is 11.6 Å². The van der Waals surface area contributed by atoms with Gasteiger partial charge in [0.25, 0.3) is 5.91 Å². The summed E-state index contributed by atoms with van der Waals surface area (Å²) >= 11 is 0. The molecule has 1 amide bonds. The second-order valence-electron chi connectivity index (χ2n) is 4.85. The van der Waals surface area contributed by atoms with Gasteiger partial charge in [0.05, 0.1) is 5.56 Å². The van der Waals surface area contributed by atoms with Crippen molar-refractivity contribution in [2.75, 3.05) is 12.3 Å². The van der Waals surface area contributed by atoms with Crippen LogP contribution in [0, 0.1) is 6.92 Å². The molecular weight excluding hydrogens is 224 g/mol. The van der Waals surface area contributed by atoms with E-state index in [0.29, 0.717) is 17.8 Å². The molecule has 3 nitrogen and oxygen atoms in total. The maximum absolute atomic E-state index is 12.0. The zero-order valence-electron chi connectivity index (χ0n) is 10.8. The van der Waals surface area contributed by atoms with Crippen LogP contribution in [-0.2, 0) is 0 Å². The van der Waals surface area contributed by atoms with Crippen molar-refractivity contribution in [2.24, 2.45) is 0 Å². The Balaban J connectivity index is 1.89. The summed E-state index contributed by atoms with van der Waals surface area (Å²) in [5.41, 5.74) is 9.45. The Morgan fingerprint density at radius 3 is 3.00 bits per heavy atom. The zero-order chi connectivity index (χ0) is 13.0. The maximum atomic E-state index is 12.0. The van der Waals surface area contributed by atoms with Crippen LogP contribution in [0.1, 0.15) is 41.6 Å². The molecule has 3 heteroatoms. The van der Waals surface area contributed by atoms with Gasteiger partial charge in [0.1, 0.15) is 0 Å². The second-order valence-corrected chi connectivity index (χ2v) is 4.85. The molecular formula is C15H20N2O. The lowest BCUT2D eigenvalue weighted by Gasteiger charge is -2.08. The molecule has 0 saturated heterocycles. The third-order valence-electron chi connectivity index (χ3n) is 3.32. The highest BCUT2D eigenvalue weighted by Gasteiger charge is 2.10. The van der Waals surface area contributed by atoms with E-state index in [0.717, 1.165) is 12.0 Å². The highest BCUT2D eigenvalue weighted by Crippen LogP contribution is 2.20. The van der Waals surface area contributed by atoms with Gasteiger partial charge >= 0.3 is 0 Å². The van der Waals surface area contributed by atoms with Crippen molar-refractivity contribution in [3.63, 3.8) is 0 Å². The average Bonchev–Trinajstić information content (AvgIpc) is 2.85. The monoisotopic (exact) mass is 244 g/mol. The van der Waals surface area contributed by atoms with Gasteiger partial charge in [0, 0.05) is 12.2 Å². The minimum atomic E-state index is -0.0743. The van der Waals surface area contributed by atoms with Crippen LogP contribution in [0.15, 0.2) is 29.8 Å². The molecule has 0 unspecified atom stereocenters. The Hall–Kier alpha value is -1.77. The Kier molecular flexibility index (Phi) is 4.03. The van der Waals surface area contributed by atoms with Crippen molar-refractivity contribution in [3.8, 4) is 0 Å². The molecule has 18 heavy (non-hydrogen) atoms. The first-order valence-electron chi connectivity index (χ1n) is 6.49. The lowest BCUT2D eigenvalue weighted by molar-refractivity contribution is 0.0955. The summed E-state index contributed by atoms with van der Waals surface area (Å²) in [7, 11) is 0. The summed E-state index contributed by atoms with van der Waals surface area (Å²) in [4.78, 5) is 12.0. The lowest BCUT2D eigenvalue weighted by Crippen LogP contribution is -2.25. The van der Waals surface area contributed by atoms with E-state index in [-0.39, 0.29) is 5.91 Å². The number of nitrogens with one attached hydrogen (secondary N) is 1. The normalized spacial score (nSPS) is 14.4. The smallest absolute Gasteiger partial charge is 0.253 e. The zero-order valence-corrected chi connectivity index (χ0v) is 10.8. The van der Waals surface area contributed by atoms with Gasteiger partial charge < -0.3 is 11.1 Å². The molecule has 1 aliphatic carbocycles. The van der Waals surface area contributed by atoms with Gasteiger partial charge in [-0.15, -0.1) is 0 Å². The Morgan fingerprint density at radius 1 is 1.44 bits per heavy atom. The first-order chi connectivity index (χ1) is 8.66. The summed E-state index contributed by atoms with van der Waals surface area (Å²) in [5.74, 6) is -0.0743. The summed E-state index contributed by atoms with van der Waals surface area (Å²) in [6.45, 7) is 2.65. The van der Waals surface area contributed by atoms with Crippen molar-refractivity contribution in [3.05, 3.63) is 41.0 Å². The molecule has 2 rings (SSSR count). The van der Waals surface area contributed by atoms with E-state index in [9.17, 15) is 4.79 Å². The number of benzene rings is 1. The van der Waals surface area contributed by atoms with E-state index in [1.165, 1.54) is 24.8 Å². The van der Waals surface area contributed by atoms with E-state index >= 15 is 0 Å². The molecule has 1 aliphatic rings. The number of hydrogen-bond donors (Lipinski definition) is 2. The van der Waals surface area contributed by atoms with Crippen molar-refractivity contribution < 1.29 is 4.79 Å². The SMILES string of the molecule is Cc1ccc(N)c(C(=O)NCCC2=CCCC2)c1. The van der Waals surface area contributed by atoms with Crippen LogP contribution < -0.4 is 11.1 Å². The topological polar surface area (TPSA) is 55.1 Å². The fraction of sp³-hybridized carbons (Fsp3) is 0.400. The lowest BCUT2D eigenvalue weighted by atomic mass is 10.1. The molecule has 0 radical (unpaired) electrons. The molecule has 0 fully saturated rings. The van der Waals surface area contributed by atoms with Gasteiger partial charge in [0.2, 0.25) is 0 Å². The minimum Gasteiger partial charge on any atom is -0.398 e. The number of rotatable bonds is 4. The number of amides is 1. The van der Waals surface area contributed by atoms with E-state index in [1.54, 1.807) is 6.07 Å². The van der Waals surface area contributed by atoms with Gasteiger partial charge in [-0.1, -0.05) is 23.3 Å². The fourth-order valence-electron chi connectivity index (χ4n) is 2.26. The molecule has 0 aromatic heterocycles. The maximum Gasteiger partial charge on any atom is 0.253 e. The van der Waals surface area contributed by atoms with Crippen molar-refractivity contribution in [1.82, 2.24) is 5.32 Å². The summed E-state index contributed by atoms with van der Waals surface area (Å²) < 4.78 is 0.